The van der Waals surface area contributed by atoms with Crippen LogP contribution in [0.1, 0.15) is 0 Å². The van der Waals surface area contributed by atoms with Gasteiger partial charge in [-0.3, -0.25) is 0 Å². The van der Waals surface area contributed by atoms with E-state index >= 15 is 0 Å². The molecule has 0 spiro atoms. The van der Waals surface area contributed by atoms with E-state index in [0.717, 1.165) is 0 Å². The van der Waals surface area contributed by atoms with Crippen molar-refractivity contribution in [1.82, 2.24) is 0 Å². The van der Waals surface area contributed by atoms with Crippen molar-refractivity contribution in [2.75, 3.05) is 0 Å². The third kappa shape index (κ3) is 6.04. The highest BCUT2D eigenvalue weighted by Gasteiger charge is 2.01. The van der Waals surface area contributed by atoms with E-state index in [9.17, 15) is 8.42 Å². The fourth-order valence-electron chi connectivity index (χ4n) is 1.13. The first-order valence-electron chi connectivity index (χ1n) is 5.09. The molecule has 0 aliphatic carbocycles. The Balaban J connectivity index is 0.000000191. The van der Waals surface area contributed by atoms with Crippen molar-refractivity contribution in [1.29, 1.82) is 0 Å². The zero-order valence-corrected chi connectivity index (χ0v) is 12.2. The van der Waals surface area contributed by atoms with Crippen molar-refractivity contribution < 1.29 is 17.5 Å². The second kappa shape index (κ2) is 7.46. The van der Waals surface area contributed by atoms with Crippen molar-refractivity contribution >= 4 is 31.0 Å². The van der Waals surface area contributed by atoms with Crippen LogP contribution in [0.15, 0.2) is 70.5 Å². The van der Waals surface area contributed by atoms with Gasteiger partial charge in [-0.2, -0.15) is 0 Å². The Kier molecular flexibility index (Phi) is 6.26. The van der Waals surface area contributed by atoms with Gasteiger partial charge in [0.2, 0.25) is 0 Å². The van der Waals surface area contributed by atoms with Crippen LogP contribution >= 0.6 is 0 Å². The molecule has 2 aromatic rings. The molecular formula is C12H12O4S3. The van der Waals surface area contributed by atoms with Crippen molar-refractivity contribution in [3.05, 3.63) is 60.7 Å². The Morgan fingerprint density at radius 3 is 1.63 bits per heavy atom. The molecule has 2 unspecified atom stereocenters. The SMILES string of the molecule is O=S(O)(=S)c1ccccc1.O=S(O)c1ccccc1. The summed E-state index contributed by atoms with van der Waals surface area (Å²) in [5.74, 6) is 0. The van der Waals surface area contributed by atoms with Gasteiger partial charge in [0.15, 0.2) is 19.9 Å². The lowest BCUT2D eigenvalue weighted by Gasteiger charge is -1.95. The highest BCUT2D eigenvalue weighted by atomic mass is 32.8. The van der Waals surface area contributed by atoms with Crippen molar-refractivity contribution in [2.24, 2.45) is 0 Å². The van der Waals surface area contributed by atoms with Gasteiger partial charge in [-0.05, 0) is 24.3 Å². The van der Waals surface area contributed by atoms with E-state index in [-0.39, 0.29) is 0 Å². The lowest BCUT2D eigenvalue weighted by molar-refractivity contribution is 0.561. The molecule has 0 heterocycles. The average molecular weight is 316 g/mol. The Bertz CT molecular complexity index is 625. The lowest BCUT2D eigenvalue weighted by Crippen LogP contribution is -1.94. The van der Waals surface area contributed by atoms with E-state index in [1.165, 1.54) is 12.1 Å². The minimum Gasteiger partial charge on any atom is -0.302 e. The summed E-state index contributed by atoms with van der Waals surface area (Å²) in [5, 5.41) is 0. The molecule has 0 fully saturated rings. The molecule has 0 radical (unpaired) electrons. The van der Waals surface area contributed by atoms with Gasteiger partial charge in [0.25, 0.3) is 0 Å². The predicted molar refractivity (Wildman–Crippen MR) is 78.3 cm³/mol. The highest BCUT2D eigenvalue weighted by molar-refractivity contribution is 8.29. The molecule has 0 aliphatic heterocycles. The summed E-state index contributed by atoms with van der Waals surface area (Å²) >= 11 is 2.51. The van der Waals surface area contributed by atoms with Crippen LogP contribution in [0.4, 0.5) is 0 Å². The highest BCUT2D eigenvalue weighted by Crippen LogP contribution is 2.05. The summed E-state index contributed by atoms with van der Waals surface area (Å²) in [6, 6.07) is 16.7. The summed E-state index contributed by atoms with van der Waals surface area (Å²) in [4.78, 5) is 0.738. The monoisotopic (exact) mass is 316 g/mol. The van der Waals surface area contributed by atoms with E-state index in [1.807, 2.05) is 0 Å². The smallest absolute Gasteiger partial charge is 0.186 e. The fourth-order valence-corrected chi connectivity index (χ4v) is 2.35. The zero-order chi connectivity index (χ0) is 14.3. The molecule has 0 amide bonds. The number of benzene rings is 2. The molecule has 102 valence electrons. The van der Waals surface area contributed by atoms with Crippen molar-refractivity contribution in [3.63, 3.8) is 0 Å². The van der Waals surface area contributed by atoms with Gasteiger partial charge >= 0.3 is 0 Å². The predicted octanol–water partition coefficient (Wildman–Crippen LogP) is 2.53. The molecule has 2 N–H and O–H groups in total. The van der Waals surface area contributed by atoms with Gasteiger partial charge in [-0.1, -0.05) is 36.4 Å². The first-order valence-corrected chi connectivity index (χ1v) is 8.64. The van der Waals surface area contributed by atoms with E-state index in [4.69, 9.17) is 9.11 Å². The third-order valence-electron chi connectivity index (χ3n) is 1.99. The maximum Gasteiger partial charge on any atom is 0.186 e. The first-order chi connectivity index (χ1) is 8.91. The van der Waals surface area contributed by atoms with Gasteiger partial charge in [-0.15, -0.1) is 0 Å². The van der Waals surface area contributed by atoms with E-state index < -0.39 is 19.9 Å². The molecule has 0 saturated carbocycles. The van der Waals surface area contributed by atoms with Gasteiger partial charge in [0.1, 0.15) is 0 Å². The van der Waals surface area contributed by atoms with E-state index in [1.54, 1.807) is 48.5 Å². The normalized spacial score (nSPS) is 14.6. The molecule has 4 nitrogen and oxygen atoms in total. The summed E-state index contributed by atoms with van der Waals surface area (Å²) in [6.07, 6.45) is 0. The van der Waals surface area contributed by atoms with Gasteiger partial charge in [-0.25, -0.2) is 8.42 Å². The van der Waals surface area contributed by atoms with Gasteiger partial charge in [0, 0.05) is 11.2 Å². The Hall–Kier alpha value is -1.12. The second-order valence-electron chi connectivity index (χ2n) is 3.35. The van der Waals surface area contributed by atoms with Crippen molar-refractivity contribution in [3.8, 4) is 0 Å². The molecule has 2 aromatic carbocycles. The summed E-state index contributed by atoms with van der Waals surface area (Å²) in [6.45, 7) is 0. The van der Waals surface area contributed by atoms with E-state index in [2.05, 4.69) is 11.2 Å². The molecule has 0 aliphatic rings. The second-order valence-corrected chi connectivity index (χ2v) is 7.10. The van der Waals surface area contributed by atoms with Crippen LogP contribution in [0.2, 0.25) is 0 Å². The lowest BCUT2D eigenvalue weighted by atomic mass is 10.4. The summed E-state index contributed by atoms with van der Waals surface area (Å²) in [5.41, 5.74) is 0. The maximum atomic E-state index is 10.8. The fraction of sp³-hybridized carbons (Fsp3) is 0. The van der Waals surface area contributed by atoms with E-state index in [0.29, 0.717) is 9.79 Å². The molecular weight excluding hydrogens is 304 g/mol. The molecule has 0 saturated heterocycles. The number of rotatable bonds is 2. The van der Waals surface area contributed by atoms with Crippen LogP contribution in [0.5, 0.6) is 0 Å². The van der Waals surface area contributed by atoms with Crippen molar-refractivity contribution in [2.45, 2.75) is 9.79 Å². The van der Waals surface area contributed by atoms with Gasteiger partial charge < -0.3 is 9.11 Å². The summed E-state index contributed by atoms with van der Waals surface area (Å²) < 4.78 is 38.4. The topological polar surface area (TPSA) is 74.6 Å². The Labute approximate surface area is 119 Å². The number of hydrogen-bond acceptors (Lipinski definition) is 3. The Morgan fingerprint density at radius 1 is 0.947 bits per heavy atom. The van der Waals surface area contributed by atoms with Crippen LogP contribution in [-0.2, 0) is 31.0 Å². The Morgan fingerprint density at radius 2 is 1.37 bits per heavy atom. The standard InChI is InChI=1S/C6H6O2S2.C6H6O2S/c7-10(8,9)6-4-2-1-3-5-6;7-9(8)6-4-2-1-3-5-6/h1-5H,(H,7,8,9);1-5H,(H,7,8). The zero-order valence-electron chi connectivity index (χ0n) is 9.71. The van der Waals surface area contributed by atoms with Gasteiger partial charge in [0.05, 0.1) is 9.79 Å². The van der Waals surface area contributed by atoms with Crippen LogP contribution in [0.3, 0.4) is 0 Å². The van der Waals surface area contributed by atoms with Crippen LogP contribution in [0.25, 0.3) is 0 Å². The molecule has 0 bridgehead atoms. The minimum atomic E-state index is -3.17. The molecule has 2 rings (SSSR count). The number of hydrogen-bond donors (Lipinski definition) is 2. The molecule has 2 atom stereocenters. The first kappa shape index (κ1) is 15.9. The summed E-state index contributed by atoms with van der Waals surface area (Å²) in [7, 11) is -3.17. The third-order valence-corrected chi connectivity index (χ3v) is 4.11. The van der Waals surface area contributed by atoms with Crippen LogP contribution in [-0.4, -0.2) is 17.5 Å². The van der Waals surface area contributed by atoms with Crippen LogP contribution < -0.4 is 0 Å². The quantitative estimate of drug-likeness (QED) is 0.833. The largest absolute Gasteiger partial charge is 0.302 e. The maximum absolute atomic E-state index is 10.8. The molecule has 0 aromatic heterocycles. The van der Waals surface area contributed by atoms with Crippen LogP contribution in [0, 0.1) is 0 Å². The molecule has 19 heavy (non-hydrogen) atoms. The molecule has 7 heteroatoms. The minimum absolute atomic E-state index is 0.296. The average Bonchev–Trinajstić information content (AvgIpc) is 2.40.